The van der Waals surface area contributed by atoms with Crippen molar-refractivity contribution in [2.75, 3.05) is 6.61 Å². The number of ether oxygens (including phenoxy) is 1. The van der Waals surface area contributed by atoms with Crippen molar-refractivity contribution in [2.45, 2.75) is 80.1 Å². The molecule has 1 aromatic rings. The van der Waals surface area contributed by atoms with Gasteiger partial charge in [-0.05, 0) is 25.0 Å². The number of unbranched alkanes of at least 4 members (excludes halogenated alkanes) is 1. The van der Waals surface area contributed by atoms with E-state index in [1.54, 1.807) is 0 Å². The third kappa shape index (κ3) is 5.90. The van der Waals surface area contributed by atoms with Crippen LogP contribution in [0, 0.1) is 12.3 Å². The fraction of sp³-hybridized carbons (Fsp3) is 0.636. The predicted molar refractivity (Wildman–Crippen MR) is 106 cm³/mol. The van der Waals surface area contributed by atoms with Crippen LogP contribution in [0.25, 0.3) is 0 Å². The Bertz CT molecular complexity index is 1110. The van der Waals surface area contributed by atoms with Crippen LogP contribution in [0.3, 0.4) is 0 Å². The van der Waals surface area contributed by atoms with Gasteiger partial charge in [0.2, 0.25) is 0 Å². The van der Waals surface area contributed by atoms with Gasteiger partial charge in [-0.25, -0.2) is 0 Å². The molecule has 0 heterocycles. The highest BCUT2D eigenvalue weighted by Crippen LogP contribution is 2.64. The van der Waals surface area contributed by atoms with E-state index in [9.17, 15) is 84.9 Å². The molecule has 2 N–H and O–H groups in total. The van der Waals surface area contributed by atoms with Crippen molar-refractivity contribution >= 4 is 0 Å². The van der Waals surface area contributed by atoms with Crippen LogP contribution in [0.4, 0.5) is 74.6 Å². The number of hydrogen-bond acceptors (Lipinski definition) is 3. The van der Waals surface area contributed by atoms with Crippen LogP contribution in [0.5, 0.6) is 5.75 Å². The maximum Gasteiger partial charge on any atom is 0.460 e. The summed E-state index contributed by atoms with van der Waals surface area (Å²) < 4.78 is 231. The number of rotatable bonds is 14. The van der Waals surface area contributed by atoms with Crippen molar-refractivity contribution < 1.29 is 89.6 Å². The van der Waals surface area contributed by atoms with Gasteiger partial charge < -0.3 is 14.9 Å². The topological polar surface area (TPSA) is 49.7 Å². The number of benzene rings is 1. The normalized spacial score (nSPS) is 14.6. The van der Waals surface area contributed by atoms with Crippen LogP contribution in [0.15, 0.2) is 12.1 Å². The van der Waals surface area contributed by atoms with E-state index >= 15 is 0 Å². The van der Waals surface area contributed by atoms with Gasteiger partial charge in [0.05, 0.1) is 19.8 Å². The lowest BCUT2D eigenvalue weighted by Crippen LogP contribution is -2.74. The highest BCUT2D eigenvalue weighted by Gasteiger charge is 2.95. The van der Waals surface area contributed by atoms with Crippen LogP contribution in [0.2, 0.25) is 0 Å². The first-order valence-corrected chi connectivity index (χ1v) is 10.8. The molecular weight excluding hydrogens is 635 g/mol. The Hall–Kier alpha value is -2.69. The second-order valence-corrected chi connectivity index (χ2v) is 8.54. The van der Waals surface area contributed by atoms with Gasteiger partial charge in [0.15, 0.2) is 0 Å². The van der Waals surface area contributed by atoms with Gasteiger partial charge in [0.25, 0.3) is 0 Å². The summed E-state index contributed by atoms with van der Waals surface area (Å²) in [5.41, 5.74) is -0.0374. The van der Waals surface area contributed by atoms with Gasteiger partial charge in [0, 0.05) is 23.1 Å². The van der Waals surface area contributed by atoms with Crippen LogP contribution >= 0.6 is 0 Å². The molecular formula is C22H17F17O3. The molecule has 42 heavy (non-hydrogen) atoms. The fourth-order valence-corrected chi connectivity index (χ4v) is 3.23. The number of hydrogen-bond donors (Lipinski definition) is 2. The molecule has 0 aliphatic heterocycles. The molecule has 0 bridgehead atoms. The first-order chi connectivity index (χ1) is 18.7. The summed E-state index contributed by atoms with van der Waals surface area (Å²) in [5.74, 6) is -54.7. The molecule has 0 aromatic heterocycles. The van der Waals surface area contributed by atoms with Crippen LogP contribution in [0.1, 0.15) is 36.0 Å². The molecule has 0 aliphatic carbocycles. The molecule has 1 rings (SSSR count). The zero-order chi connectivity index (χ0) is 33.4. The van der Waals surface area contributed by atoms with E-state index in [2.05, 4.69) is 5.92 Å². The molecule has 0 saturated carbocycles. The largest absolute Gasteiger partial charge is 0.493 e. The lowest BCUT2D eigenvalue weighted by atomic mass is 9.88. The second-order valence-electron chi connectivity index (χ2n) is 8.54. The lowest BCUT2D eigenvalue weighted by molar-refractivity contribution is -0.461. The van der Waals surface area contributed by atoms with E-state index in [1.165, 1.54) is 0 Å². The molecule has 0 amide bonds. The zero-order valence-electron chi connectivity index (χ0n) is 20.2. The molecule has 0 unspecified atom stereocenters. The fourth-order valence-electron chi connectivity index (χ4n) is 3.23. The average molecular weight is 652 g/mol. The van der Waals surface area contributed by atoms with Gasteiger partial charge in [-0.2, -0.15) is 74.6 Å². The van der Waals surface area contributed by atoms with Crippen molar-refractivity contribution in [1.29, 1.82) is 0 Å². The summed E-state index contributed by atoms with van der Waals surface area (Å²) >= 11 is 0. The van der Waals surface area contributed by atoms with Gasteiger partial charge in [0.1, 0.15) is 5.75 Å². The first kappa shape index (κ1) is 37.3. The number of halogens is 17. The molecule has 0 fully saturated rings. The maximum absolute atomic E-state index is 14.0. The predicted octanol–water partition coefficient (Wildman–Crippen LogP) is 7.21. The standard InChI is InChI=1S/C22H17F17O3/c1-2-11-7-12(9-40)14(13(8-11)10-41)42-6-4-3-5-15(23,24)16(25,26)17(27,28)18(29,30)19(31,32)20(33,34)21(35,36)22(37,38)39/h1,7-8,40-41H,3-6,9-10H2. The summed E-state index contributed by atoms with van der Waals surface area (Å²) in [4.78, 5) is 0. The Morgan fingerprint density at radius 3 is 1.33 bits per heavy atom. The SMILES string of the molecule is C#Cc1cc(CO)c(OCCCCC(F)(F)C(F)(F)C(F)(F)C(F)(F)C(F)(F)C(F)(F)C(F)(F)C(F)(F)F)c(CO)c1. The summed E-state index contributed by atoms with van der Waals surface area (Å²) in [6, 6.07) is 2.32. The molecule has 0 radical (unpaired) electrons. The van der Waals surface area contributed by atoms with Gasteiger partial charge in [-0.1, -0.05) is 5.92 Å². The average Bonchev–Trinajstić information content (AvgIpc) is 2.86. The van der Waals surface area contributed by atoms with Crippen LogP contribution in [-0.4, -0.2) is 64.5 Å². The van der Waals surface area contributed by atoms with E-state index in [0.29, 0.717) is 0 Å². The van der Waals surface area contributed by atoms with E-state index in [0.717, 1.165) is 12.1 Å². The Morgan fingerprint density at radius 1 is 0.595 bits per heavy atom. The Balaban J connectivity index is 3.18. The molecule has 0 aliphatic rings. The Kier molecular flexibility index (Phi) is 10.5. The number of alkyl halides is 17. The summed E-state index contributed by atoms with van der Waals surface area (Å²) in [5, 5.41) is 18.7. The smallest absolute Gasteiger partial charge is 0.460 e. The lowest BCUT2D eigenvalue weighted by Gasteiger charge is -2.42. The minimum absolute atomic E-state index is 0.0814. The van der Waals surface area contributed by atoms with Gasteiger partial charge in [-0.3, -0.25) is 0 Å². The van der Waals surface area contributed by atoms with Crippen LogP contribution < -0.4 is 4.74 Å². The minimum atomic E-state index is -8.67. The quantitative estimate of drug-likeness (QED) is 0.127. The molecule has 3 nitrogen and oxygen atoms in total. The highest BCUT2D eigenvalue weighted by molar-refractivity contribution is 5.48. The number of aliphatic hydroxyl groups is 2. The molecule has 242 valence electrons. The van der Waals surface area contributed by atoms with E-state index in [1.807, 2.05) is 0 Å². The highest BCUT2D eigenvalue weighted by atomic mass is 19.4. The van der Waals surface area contributed by atoms with Crippen molar-refractivity contribution in [3.8, 4) is 18.1 Å². The van der Waals surface area contributed by atoms with Crippen molar-refractivity contribution in [3.05, 3.63) is 28.8 Å². The van der Waals surface area contributed by atoms with Gasteiger partial charge in [-0.15, -0.1) is 6.42 Å². The second kappa shape index (κ2) is 11.8. The third-order valence-corrected chi connectivity index (χ3v) is 5.67. The summed E-state index contributed by atoms with van der Waals surface area (Å²) in [6.07, 6.45) is -7.45. The van der Waals surface area contributed by atoms with Crippen LogP contribution in [-0.2, 0) is 13.2 Å². The summed E-state index contributed by atoms with van der Waals surface area (Å²) in [7, 11) is 0. The summed E-state index contributed by atoms with van der Waals surface area (Å²) in [6.45, 7) is -2.34. The zero-order valence-corrected chi connectivity index (χ0v) is 20.2. The first-order valence-electron chi connectivity index (χ1n) is 10.8. The Morgan fingerprint density at radius 2 is 0.976 bits per heavy atom. The van der Waals surface area contributed by atoms with Gasteiger partial charge >= 0.3 is 47.6 Å². The molecule has 20 heteroatoms. The van der Waals surface area contributed by atoms with E-state index < -0.39 is 86.7 Å². The van der Waals surface area contributed by atoms with Crippen molar-refractivity contribution in [2.24, 2.45) is 0 Å². The molecule has 0 spiro atoms. The maximum atomic E-state index is 14.0. The third-order valence-electron chi connectivity index (χ3n) is 5.67. The number of aliphatic hydroxyl groups excluding tert-OH is 2. The number of terminal acetylenes is 1. The minimum Gasteiger partial charge on any atom is -0.493 e. The molecule has 0 atom stereocenters. The monoisotopic (exact) mass is 652 g/mol. The Labute approximate surface area is 224 Å². The van der Waals surface area contributed by atoms with E-state index in [4.69, 9.17) is 11.2 Å². The molecule has 1 aromatic carbocycles. The van der Waals surface area contributed by atoms with E-state index in [-0.39, 0.29) is 22.4 Å². The van der Waals surface area contributed by atoms with Crippen molar-refractivity contribution in [3.63, 3.8) is 0 Å². The van der Waals surface area contributed by atoms with Crippen molar-refractivity contribution in [1.82, 2.24) is 0 Å². The molecule has 0 saturated heterocycles.